The predicted molar refractivity (Wildman–Crippen MR) is 38.6 cm³/mol. The minimum atomic E-state index is 0.000816. The standard InChI is InChI=1S/C6H15NO4/c1-9-5-6-11-7(10-2)3-4-8/h8H,3-6H2,1-2H3. The lowest BCUT2D eigenvalue weighted by Gasteiger charge is -2.16. The maximum Gasteiger partial charge on any atom is 0.0945 e. The Morgan fingerprint density at radius 2 is 2.00 bits per heavy atom. The zero-order valence-corrected chi connectivity index (χ0v) is 6.95. The zero-order valence-electron chi connectivity index (χ0n) is 6.95. The number of hydrogen-bond acceptors (Lipinski definition) is 5. The summed E-state index contributed by atoms with van der Waals surface area (Å²) in [5, 5.41) is 9.70. The van der Waals surface area contributed by atoms with E-state index in [4.69, 9.17) is 19.5 Å². The predicted octanol–water partition coefficient (Wildman–Crippen LogP) is -0.580. The Balaban J connectivity index is 3.20. The largest absolute Gasteiger partial charge is 0.395 e. The van der Waals surface area contributed by atoms with Crippen molar-refractivity contribution in [2.24, 2.45) is 0 Å². The van der Waals surface area contributed by atoms with Crippen molar-refractivity contribution in [3.63, 3.8) is 0 Å². The molecule has 0 saturated carbocycles. The van der Waals surface area contributed by atoms with Crippen molar-refractivity contribution < 1.29 is 19.5 Å². The van der Waals surface area contributed by atoms with Crippen LogP contribution in [0.5, 0.6) is 0 Å². The molecule has 5 nitrogen and oxygen atoms in total. The SMILES string of the molecule is COCCON(CCO)OC. The molecule has 0 fully saturated rings. The molecule has 0 amide bonds. The van der Waals surface area contributed by atoms with Crippen molar-refractivity contribution >= 4 is 0 Å². The van der Waals surface area contributed by atoms with Gasteiger partial charge < -0.3 is 9.84 Å². The topological polar surface area (TPSA) is 51.2 Å². The van der Waals surface area contributed by atoms with Crippen LogP contribution in [-0.4, -0.2) is 50.9 Å². The molecular weight excluding hydrogens is 150 g/mol. The third kappa shape index (κ3) is 6.21. The molecule has 0 spiro atoms. The highest BCUT2D eigenvalue weighted by Crippen LogP contribution is 1.88. The van der Waals surface area contributed by atoms with Gasteiger partial charge in [-0.05, 0) is 0 Å². The number of hydrogen-bond donors (Lipinski definition) is 1. The number of aliphatic hydroxyl groups is 1. The number of nitrogens with zero attached hydrogens (tertiary/aromatic N) is 1. The van der Waals surface area contributed by atoms with Gasteiger partial charge >= 0.3 is 0 Å². The second-order valence-electron chi connectivity index (χ2n) is 1.79. The van der Waals surface area contributed by atoms with Crippen molar-refractivity contribution in [1.29, 1.82) is 0 Å². The molecule has 0 unspecified atom stereocenters. The van der Waals surface area contributed by atoms with Crippen molar-refractivity contribution in [3.8, 4) is 0 Å². The Hall–Kier alpha value is -0.200. The number of rotatable bonds is 7. The summed E-state index contributed by atoms with van der Waals surface area (Å²) in [4.78, 5) is 9.73. The van der Waals surface area contributed by atoms with E-state index in [9.17, 15) is 0 Å². The Labute approximate surface area is 66.4 Å². The van der Waals surface area contributed by atoms with Crippen LogP contribution in [0.2, 0.25) is 0 Å². The molecule has 0 bridgehead atoms. The molecule has 0 aliphatic rings. The first kappa shape index (κ1) is 10.8. The first-order valence-corrected chi connectivity index (χ1v) is 3.39. The summed E-state index contributed by atoms with van der Waals surface area (Å²) in [6.45, 7) is 1.26. The van der Waals surface area contributed by atoms with E-state index in [1.807, 2.05) is 0 Å². The first-order chi connectivity index (χ1) is 5.35. The Kier molecular flexibility index (Phi) is 7.76. The fourth-order valence-corrected chi connectivity index (χ4v) is 0.513. The van der Waals surface area contributed by atoms with Gasteiger partial charge in [0.25, 0.3) is 0 Å². The van der Waals surface area contributed by atoms with Crippen LogP contribution in [0.1, 0.15) is 0 Å². The molecule has 11 heavy (non-hydrogen) atoms. The average molecular weight is 165 g/mol. The number of ether oxygens (including phenoxy) is 1. The molecule has 0 saturated heterocycles. The molecule has 0 heterocycles. The van der Waals surface area contributed by atoms with Gasteiger partial charge in [0.1, 0.15) is 0 Å². The number of methoxy groups -OCH3 is 1. The highest BCUT2D eigenvalue weighted by molar-refractivity contribution is 4.28. The van der Waals surface area contributed by atoms with Crippen molar-refractivity contribution in [1.82, 2.24) is 5.23 Å². The summed E-state index contributed by atoms with van der Waals surface area (Å²) < 4.78 is 4.75. The Bertz CT molecular complexity index is 81.0. The smallest absolute Gasteiger partial charge is 0.0945 e. The fraction of sp³-hybridized carbons (Fsp3) is 1.00. The monoisotopic (exact) mass is 165 g/mol. The van der Waals surface area contributed by atoms with Crippen LogP contribution < -0.4 is 0 Å². The van der Waals surface area contributed by atoms with E-state index in [1.165, 1.54) is 12.3 Å². The lowest BCUT2D eigenvalue weighted by molar-refractivity contribution is -0.359. The van der Waals surface area contributed by atoms with E-state index in [0.717, 1.165) is 0 Å². The summed E-state index contributed by atoms with van der Waals surface area (Å²) >= 11 is 0. The molecule has 0 rings (SSSR count). The van der Waals surface area contributed by atoms with Crippen LogP contribution >= 0.6 is 0 Å². The van der Waals surface area contributed by atoms with Gasteiger partial charge in [0.2, 0.25) is 0 Å². The highest BCUT2D eigenvalue weighted by atomic mass is 16.9. The number of aliphatic hydroxyl groups excluding tert-OH is 1. The van der Waals surface area contributed by atoms with E-state index in [1.54, 1.807) is 7.11 Å². The molecule has 0 aliphatic heterocycles. The third-order valence-electron chi connectivity index (χ3n) is 1.01. The van der Waals surface area contributed by atoms with Gasteiger partial charge in [0.15, 0.2) is 0 Å². The molecule has 1 N–H and O–H groups in total. The minimum absolute atomic E-state index is 0.000816. The minimum Gasteiger partial charge on any atom is -0.395 e. The Morgan fingerprint density at radius 1 is 1.27 bits per heavy atom. The molecule has 0 atom stereocenters. The van der Waals surface area contributed by atoms with Crippen LogP contribution in [0.25, 0.3) is 0 Å². The van der Waals surface area contributed by atoms with Gasteiger partial charge in [-0.3, -0.25) is 9.68 Å². The van der Waals surface area contributed by atoms with Crippen molar-refractivity contribution in [2.75, 3.05) is 40.6 Å². The van der Waals surface area contributed by atoms with Crippen LogP contribution in [0.15, 0.2) is 0 Å². The van der Waals surface area contributed by atoms with Gasteiger partial charge in [-0.15, -0.1) is 0 Å². The average Bonchev–Trinajstić information content (AvgIpc) is 2.03. The summed E-state index contributed by atoms with van der Waals surface area (Å²) in [7, 11) is 3.06. The molecule has 0 aromatic rings. The van der Waals surface area contributed by atoms with Gasteiger partial charge in [-0.25, -0.2) is 0 Å². The summed E-state index contributed by atoms with van der Waals surface area (Å²) in [5.74, 6) is 0. The number of hydroxylamine groups is 2. The second kappa shape index (κ2) is 7.90. The van der Waals surface area contributed by atoms with Gasteiger partial charge in [-0.1, -0.05) is 5.23 Å². The van der Waals surface area contributed by atoms with E-state index in [-0.39, 0.29) is 6.61 Å². The normalized spacial score (nSPS) is 10.9. The highest BCUT2D eigenvalue weighted by Gasteiger charge is 2.00. The van der Waals surface area contributed by atoms with E-state index < -0.39 is 0 Å². The quantitative estimate of drug-likeness (QED) is 0.404. The Morgan fingerprint density at radius 3 is 2.45 bits per heavy atom. The van der Waals surface area contributed by atoms with Gasteiger partial charge in [-0.2, -0.15) is 0 Å². The van der Waals surface area contributed by atoms with Crippen LogP contribution in [0, 0.1) is 0 Å². The summed E-state index contributed by atoms with van der Waals surface area (Å²) in [6, 6.07) is 0. The molecule has 0 radical (unpaired) electrons. The first-order valence-electron chi connectivity index (χ1n) is 3.39. The molecule has 0 aromatic carbocycles. The lowest BCUT2D eigenvalue weighted by Crippen LogP contribution is -2.27. The molecule has 0 aromatic heterocycles. The van der Waals surface area contributed by atoms with Crippen molar-refractivity contribution in [3.05, 3.63) is 0 Å². The zero-order chi connectivity index (χ0) is 8.53. The van der Waals surface area contributed by atoms with Crippen LogP contribution in [-0.2, 0) is 14.4 Å². The molecule has 0 aliphatic carbocycles. The maximum absolute atomic E-state index is 8.49. The van der Waals surface area contributed by atoms with Gasteiger partial charge in [0.05, 0.1) is 33.5 Å². The molecular formula is C6H15NO4. The van der Waals surface area contributed by atoms with E-state index in [2.05, 4.69) is 0 Å². The van der Waals surface area contributed by atoms with Crippen LogP contribution in [0.4, 0.5) is 0 Å². The second-order valence-corrected chi connectivity index (χ2v) is 1.79. The fourth-order valence-electron chi connectivity index (χ4n) is 0.513. The summed E-state index contributed by atoms with van der Waals surface area (Å²) in [5.41, 5.74) is 0. The molecule has 68 valence electrons. The lowest BCUT2D eigenvalue weighted by atomic mass is 10.7. The van der Waals surface area contributed by atoms with E-state index >= 15 is 0 Å². The molecule has 5 heteroatoms. The van der Waals surface area contributed by atoms with E-state index in [0.29, 0.717) is 19.8 Å². The van der Waals surface area contributed by atoms with Crippen molar-refractivity contribution in [2.45, 2.75) is 0 Å². The summed E-state index contributed by atoms with van der Waals surface area (Å²) in [6.07, 6.45) is 0. The van der Waals surface area contributed by atoms with Crippen LogP contribution in [0.3, 0.4) is 0 Å². The van der Waals surface area contributed by atoms with Gasteiger partial charge in [0, 0.05) is 7.11 Å². The third-order valence-corrected chi connectivity index (χ3v) is 1.01. The maximum atomic E-state index is 8.49.